The summed E-state index contributed by atoms with van der Waals surface area (Å²) in [6.45, 7) is 0.471. The summed E-state index contributed by atoms with van der Waals surface area (Å²) < 4.78 is 5.82. The summed E-state index contributed by atoms with van der Waals surface area (Å²) in [6.07, 6.45) is 16.6. The van der Waals surface area contributed by atoms with Gasteiger partial charge in [0.2, 0.25) is 0 Å². The second-order valence-electron chi connectivity index (χ2n) is 5.98. The first kappa shape index (κ1) is 17.5. The summed E-state index contributed by atoms with van der Waals surface area (Å²) in [5.41, 5.74) is 0.818. The largest absolute Gasteiger partial charge is 0.490 e. The maximum atomic E-state index is 5.82. The molecule has 2 aromatic carbocycles. The summed E-state index contributed by atoms with van der Waals surface area (Å²) in [5.74, 6) is 1.35. The van der Waals surface area contributed by atoms with Gasteiger partial charge in [0.15, 0.2) is 5.82 Å². The molecule has 0 amide bonds. The van der Waals surface area contributed by atoms with Crippen LogP contribution in [0.5, 0.6) is 5.75 Å². The van der Waals surface area contributed by atoms with Crippen LogP contribution in [0.2, 0.25) is 0 Å². The molecule has 5 heteroatoms. The monoisotopic (exact) mass is 366 g/mol. The van der Waals surface area contributed by atoms with Gasteiger partial charge in [0.25, 0.3) is 0 Å². The minimum atomic E-state index is 0.471. The molecule has 1 aromatic heterocycles. The highest BCUT2D eigenvalue weighted by Gasteiger charge is 2.04. The summed E-state index contributed by atoms with van der Waals surface area (Å²) in [7, 11) is 0. The lowest BCUT2D eigenvalue weighted by Crippen LogP contribution is -2.23. The zero-order valence-corrected chi connectivity index (χ0v) is 15.1. The molecular weight excluding hydrogens is 348 g/mol. The molecule has 0 saturated carbocycles. The molecule has 136 valence electrons. The van der Waals surface area contributed by atoms with Crippen molar-refractivity contribution in [3.8, 4) is 5.75 Å². The number of benzene rings is 2. The maximum Gasteiger partial charge on any atom is 0.163 e. The van der Waals surface area contributed by atoms with Gasteiger partial charge in [0.05, 0.1) is 10.9 Å². The standard InChI is InChI=1S/C23H18N4O/c1-2-4-8-14-28-19-11-12-22-20(15-19)23(26-17-25-22)27-21-10-6-5-9-18(21)16-24-13-7-3-1/h1-13,15-17H,14H2. The van der Waals surface area contributed by atoms with E-state index in [1.54, 1.807) is 12.4 Å². The van der Waals surface area contributed by atoms with E-state index in [2.05, 4.69) is 15.0 Å². The second-order valence-corrected chi connectivity index (χ2v) is 5.98. The predicted octanol–water partition coefficient (Wildman–Crippen LogP) is 3.45. The van der Waals surface area contributed by atoms with Crippen molar-refractivity contribution in [2.24, 2.45) is 9.98 Å². The molecule has 0 atom stereocenters. The lowest BCUT2D eigenvalue weighted by atomic mass is 10.2. The molecule has 1 aliphatic rings. The maximum absolute atomic E-state index is 5.82. The Morgan fingerprint density at radius 1 is 0.857 bits per heavy atom. The van der Waals surface area contributed by atoms with Gasteiger partial charge >= 0.3 is 0 Å². The third-order valence-corrected chi connectivity index (χ3v) is 4.06. The molecule has 4 rings (SSSR count). The smallest absolute Gasteiger partial charge is 0.163 e. The Morgan fingerprint density at radius 2 is 1.75 bits per heavy atom. The topological polar surface area (TPSA) is 59.7 Å². The summed E-state index contributed by atoms with van der Waals surface area (Å²) in [4.78, 5) is 17.8. The van der Waals surface area contributed by atoms with Gasteiger partial charge in [-0.1, -0.05) is 42.5 Å². The number of hydrogen-bond acceptors (Lipinski definition) is 5. The molecule has 0 radical (unpaired) electrons. The van der Waals surface area contributed by atoms with Crippen molar-refractivity contribution < 1.29 is 4.74 Å². The zero-order chi connectivity index (χ0) is 19.0. The fraction of sp³-hybridized carbons (Fsp3) is 0.0435. The molecule has 5 nitrogen and oxygen atoms in total. The molecule has 0 N–H and O–H groups in total. The molecule has 0 unspecified atom stereocenters. The van der Waals surface area contributed by atoms with Crippen molar-refractivity contribution >= 4 is 29.1 Å². The molecule has 0 saturated heterocycles. The first-order chi connectivity index (χ1) is 13.9. The van der Waals surface area contributed by atoms with E-state index in [1.807, 2.05) is 78.9 Å². The van der Waals surface area contributed by atoms with Gasteiger partial charge in [-0.15, -0.1) is 0 Å². The van der Waals surface area contributed by atoms with Gasteiger partial charge in [-0.05, 0) is 36.4 Å². The van der Waals surface area contributed by atoms with E-state index in [1.165, 1.54) is 6.33 Å². The molecule has 1 aliphatic heterocycles. The van der Waals surface area contributed by atoms with Crippen LogP contribution in [-0.2, 0) is 0 Å². The molecule has 0 aliphatic carbocycles. The molecule has 0 fully saturated rings. The number of aromatic nitrogens is 2. The van der Waals surface area contributed by atoms with Crippen LogP contribution in [0.15, 0.2) is 95.2 Å². The van der Waals surface area contributed by atoms with Gasteiger partial charge in [-0.2, -0.15) is 0 Å². The molecule has 2 bridgehead atoms. The van der Waals surface area contributed by atoms with Gasteiger partial charge in [0.1, 0.15) is 18.7 Å². The number of para-hydroxylation sites is 1. The van der Waals surface area contributed by atoms with Crippen molar-refractivity contribution in [1.82, 2.24) is 9.97 Å². The van der Waals surface area contributed by atoms with E-state index in [0.29, 0.717) is 12.4 Å². The minimum absolute atomic E-state index is 0.471. The normalized spacial score (nSPS) is 13.9. The number of rotatable bonds is 0. The third kappa shape index (κ3) is 4.27. The average molecular weight is 366 g/mol. The van der Waals surface area contributed by atoms with Gasteiger partial charge in [-0.3, -0.25) is 4.99 Å². The van der Waals surface area contributed by atoms with Crippen LogP contribution in [0.3, 0.4) is 0 Å². The van der Waals surface area contributed by atoms with E-state index in [4.69, 9.17) is 9.73 Å². The Balaban J connectivity index is 1.91. The first-order valence-corrected chi connectivity index (χ1v) is 8.93. The Labute approximate surface area is 162 Å². The van der Waals surface area contributed by atoms with E-state index in [-0.39, 0.29) is 0 Å². The highest BCUT2D eigenvalue weighted by atomic mass is 16.5. The number of nitrogens with zero attached hydrogens (tertiary/aromatic N) is 4. The number of fused-ring (bicyclic) bond motifs is 2. The highest BCUT2D eigenvalue weighted by molar-refractivity contribution is 5.88. The Kier molecular flexibility index (Phi) is 5.44. The Morgan fingerprint density at radius 3 is 2.75 bits per heavy atom. The number of hydrogen-bond donors (Lipinski definition) is 0. The minimum Gasteiger partial charge on any atom is -0.490 e. The van der Waals surface area contributed by atoms with Crippen LogP contribution in [0.1, 0.15) is 0 Å². The van der Waals surface area contributed by atoms with E-state index in [9.17, 15) is 0 Å². The lowest BCUT2D eigenvalue weighted by Gasteiger charge is -2.06. The van der Waals surface area contributed by atoms with E-state index >= 15 is 0 Å². The quantitative estimate of drug-likeness (QED) is 0.612. The zero-order valence-electron chi connectivity index (χ0n) is 15.1. The average Bonchev–Trinajstić information content (AvgIpc) is 2.73. The molecule has 0 spiro atoms. The van der Waals surface area contributed by atoms with E-state index in [0.717, 1.165) is 27.2 Å². The number of ether oxygens (including phenoxy) is 1. The Bertz CT molecular complexity index is 1220. The number of allylic oxidation sites excluding steroid dienone is 5. The molecule has 3 aromatic rings. The van der Waals surface area contributed by atoms with Crippen molar-refractivity contribution in [3.05, 3.63) is 95.8 Å². The van der Waals surface area contributed by atoms with Crippen LogP contribution in [0, 0.1) is 0 Å². The highest BCUT2D eigenvalue weighted by Crippen LogP contribution is 2.25. The third-order valence-electron chi connectivity index (χ3n) is 4.06. The van der Waals surface area contributed by atoms with Gasteiger partial charge in [0, 0.05) is 23.0 Å². The fourth-order valence-corrected chi connectivity index (χ4v) is 2.71. The lowest BCUT2D eigenvalue weighted by molar-refractivity contribution is 0.363. The second kappa shape index (κ2) is 8.68. The number of aliphatic imine (C=N–C) groups is 1. The predicted molar refractivity (Wildman–Crippen MR) is 112 cm³/mol. The Hall–Kier alpha value is -3.86. The van der Waals surface area contributed by atoms with E-state index < -0.39 is 0 Å². The van der Waals surface area contributed by atoms with Gasteiger partial charge < -0.3 is 4.74 Å². The van der Waals surface area contributed by atoms with Crippen LogP contribution in [0.4, 0.5) is 5.82 Å². The molecule has 2 heterocycles. The van der Waals surface area contributed by atoms with Crippen LogP contribution < -0.4 is 15.3 Å². The van der Waals surface area contributed by atoms with Crippen LogP contribution in [-0.4, -0.2) is 22.8 Å². The van der Waals surface area contributed by atoms with Crippen molar-refractivity contribution in [2.75, 3.05) is 6.61 Å². The van der Waals surface area contributed by atoms with Crippen LogP contribution in [0.25, 0.3) is 17.1 Å². The molecule has 28 heavy (non-hydrogen) atoms. The van der Waals surface area contributed by atoms with Crippen molar-refractivity contribution in [2.45, 2.75) is 0 Å². The SMILES string of the molecule is C1=CC=CCOc2ccc3ncnc(c3c2)N=c2ccccc2=CN=CC=C1. The summed E-state index contributed by atoms with van der Waals surface area (Å²) in [5, 5.41) is 2.54. The van der Waals surface area contributed by atoms with Crippen LogP contribution >= 0.6 is 0 Å². The van der Waals surface area contributed by atoms with Gasteiger partial charge in [-0.25, -0.2) is 15.0 Å². The summed E-state index contributed by atoms with van der Waals surface area (Å²) >= 11 is 0. The fourth-order valence-electron chi connectivity index (χ4n) is 2.71. The first-order valence-electron chi connectivity index (χ1n) is 8.93. The van der Waals surface area contributed by atoms with Crippen molar-refractivity contribution in [3.63, 3.8) is 0 Å². The molecular formula is C23H18N4O. The van der Waals surface area contributed by atoms with Crippen molar-refractivity contribution in [1.29, 1.82) is 0 Å². The summed E-state index contributed by atoms with van der Waals surface area (Å²) in [6, 6.07) is 13.6.